The Labute approximate surface area is 116 Å². The van der Waals surface area contributed by atoms with Crippen molar-refractivity contribution in [3.63, 3.8) is 0 Å². The van der Waals surface area contributed by atoms with Gasteiger partial charge in [-0.05, 0) is 25.6 Å². The van der Waals surface area contributed by atoms with Crippen molar-refractivity contribution in [2.75, 3.05) is 26.7 Å². The van der Waals surface area contributed by atoms with E-state index >= 15 is 0 Å². The smallest absolute Gasteiger partial charge is 0.253 e. The highest BCUT2D eigenvalue weighted by molar-refractivity contribution is 5.96. The van der Waals surface area contributed by atoms with Crippen LogP contribution in [0.1, 0.15) is 16.8 Å². The predicted molar refractivity (Wildman–Crippen MR) is 75.5 cm³/mol. The largest absolute Gasteiger partial charge is 0.387 e. The second kappa shape index (κ2) is 4.88. The number of β-amino-alcohol motifs (C(OH)–C–C–N with tert-alkyl or cyclic N) is 1. The average Bonchev–Trinajstić information content (AvgIpc) is 3.02. The van der Waals surface area contributed by atoms with E-state index in [0.717, 1.165) is 17.6 Å². The summed E-state index contributed by atoms with van der Waals surface area (Å²) in [6, 6.07) is 3.62. The molecule has 0 spiro atoms. The van der Waals surface area contributed by atoms with E-state index in [1.807, 2.05) is 13.1 Å². The van der Waals surface area contributed by atoms with Gasteiger partial charge in [0, 0.05) is 32.0 Å². The summed E-state index contributed by atoms with van der Waals surface area (Å²) in [6.45, 7) is 1.70. The number of H-pyrrole nitrogens is 1. The maximum Gasteiger partial charge on any atom is 0.253 e. The lowest BCUT2D eigenvalue weighted by Gasteiger charge is -2.22. The van der Waals surface area contributed by atoms with Crippen LogP contribution in [0.2, 0.25) is 0 Å². The summed E-state index contributed by atoms with van der Waals surface area (Å²) in [5.41, 5.74) is 1.33. The molecule has 3 N–H and O–H groups in total. The molecule has 6 nitrogen and oxygen atoms in total. The lowest BCUT2D eigenvalue weighted by atomic mass is 10.0. The fraction of sp³-hybridized carbons (Fsp3) is 0.429. The molecule has 1 aliphatic heterocycles. The molecular formula is C14H18N4O2. The maximum atomic E-state index is 12.1. The number of hydrogen-bond donors (Lipinski definition) is 3. The second-order valence-corrected chi connectivity index (χ2v) is 5.53. The first-order valence-electron chi connectivity index (χ1n) is 6.68. The summed E-state index contributed by atoms with van der Waals surface area (Å²) in [6.07, 6.45) is 4.02. The van der Waals surface area contributed by atoms with Crippen molar-refractivity contribution in [3.05, 3.63) is 30.1 Å². The third-order valence-electron chi connectivity index (χ3n) is 3.76. The SMILES string of the molecule is CN1CCC(O)(CNC(=O)c2cnc3cc[nH]c3c2)C1. The minimum atomic E-state index is -0.825. The summed E-state index contributed by atoms with van der Waals surface area (Å²) in [7, 11) is 1.96. The lowest BCUT2D eigenvalue weighted by Crippen LogP contribution is -2.44. The lowest BCUT2D eigenvalue weighted by molar-refractivity contribution is 0.0485. The zero-order valence-electron chi connectivity index (χ0n) is 11.4. The molecule has 0 bridgehead atoms. The van der Waals surface area contributed by atoms with Gasteiger partial charge in [0.1, 0.15) is 0 Å². The normalized spacial score (nSPS) is 23.3. The number of hydrogen-bond acceptors (Lipinski definition) is 4. The van der Waals surface area contributed by atoms with Crippen LogP contribution >= 0.6 is 0 Å². The average molecular weight is 274 g/mol. The van der Waals surface area contributed by atoms with Crippen LogP contribution in [0.4, 0.5) is 0 Å². The number of aromatic nitrogens is 2. The first-order valence-corrected chi connectivity index (χ1v) is 6.68. The number of aromatic amines is 1. The molecule has 2 aromatic heterocycles. The summed E-state index contributed by atoms with van der Waals surface area (Å²) < 4.78 is 0. The standard InChI is InChI=1S/C14H18N4O2/c1-18-5-3-14(20,9-18)8-17-13(19)10-6-12-11(16-7-10)2-4-15-12/h2,4,6-7,15,20H,3,5,8-9H2,1H3,(H,17,19). The molecular weight excluding hydrogens is 256 g/mol. The number of likely N-dealkylation sites (tertiary alicyclic amines) is 1. The molecule has 1 fully saturated rings. The van der Waals surface area contributed by atoms with E-state index in [9.17, 15) is 9.90 Å². The van der Waals surface area contributed by atoms with Crippen molar-refractivity contribution in [1.82, 2.24) is 20.2 Å². The highest BCUT2D eigenvalue weighted by Crippen LogP contribution is 2.19. The Morgan fingerprint density at radius 3 is 3.25 bits per heavy atom. The van der Waals surface area contributed by atoms with Crippen LogP contribution in [-0.2, 0) is 0 Å². The molecule has 0 radical (unpaired) electrons. The maximum absolute atomic E-state index is 12.1. The van der Waals surface area contributed by atoms with E-state index in [4.69, 9.17) is 0 Å². The van der Waals surface area contributed by atoms with Gasteiger partial charge < -0.3 is 20.3 Å². The molecule has 1 aliphatic rings. The van der Waals surface area contributed by atoms with E-state index in [0.29, 0.717) is 18.5 Å². The number of pyridine rings is 1. The van der Waals surface area contributed by atoms with Crippen LogP contribution in [0.25, 0.3) is 11.0 Å². The van der Waals surface area contributed by atoms with E-state index in [1.54, 1.807) is 18.5 Å². The first kappa shape index (κ1) is 13.1. The van der Waals surface area contributed by atoms with Gasteiger partial charge in [0.25, 0.3) is 5.91 Å². The van der Waals surface area contributed by atoms with Crippen LogP contribution in [0.3, 0.4) is 0 Å². The fourth-order valence-electron chi connectivity index (χ4n) is 2.61. The molecule has 1 unspecified atom stereocenters. The first-order chi connectivity index (χ1) is 9.56. The van der Waals surface area contributed by atoms with Crippen LogP contribution in [0, 0.1) is 0 Å². The number of nitrogens with one attached hydrogen (secondary N) is 2. The summed E-state index contributed by atoms with van der Waals surface area (Å²) in [4.78, 5) is 21.4. The third-order valence-corrected chi connectivity index (χ3v) is 3.76. The van der Waals surface area contributed by atoms with Crippen LogP contribution in [0.15, 0.2) is 24.5 Å². The van der Waals surface area contributed by atoms with Crippen LogP contribution in [-0.4, -0.2) is 58.2 Å². The van der Waals surface area contributed by atoms with Crippen molar-refractivity contribution in [3.8, 4) is 0 Å². The van der Waals surface area contributed by atoms with Crippen molar-refractivity contribution >= 4 is 16.9 Å². The molecule has 1 amide bonds. The fourth-order valence-corrected chi connectivity index (χ4v) is 2.61. The van der Waals surface area contributed by atoms with Crippen molar-refractivity contribution in [2.24, 2.45) is 0 Å². The number of rotatable bonds is 3. The Morgan fingerprint density at radius 2 is 2.50 bits per heavy atom. The van der Waals surface area contributed by atoms with Crippen LogP contribution in [0.5, 0.6) is 0 Å². The molecule has 0 aliphatic carbocycles. The zero-order chi connectivity index (χ0) is 14.2. The molecule has 1 saturated heterocycles. The monoisotopic (exact) mass is 274 g/mol. The topological polar surface area (TPSA) is 81.2 Å². The van der Waals surface area contributed by atoms with Crippen molar-refractivity contribution in [2.45, 2.75) is 12.0 Å². The molecule has 0 aromatic carbocycles. The summed E-state index contributed by atoms with van der Waals surface area (Å²) in [5.74, 6) is -0.211. The number of likely N-dealkylation sites (N-methyl/N-ethyl adjacent to an activating group) is 1. The molecule has 6 heteroatoms. The van der Waals surface area contributed by atoms with Gasteiger partial charge >= 0.3 is 0 Å². The quantitative estimate of drug-likeness (QED) is 0.755. The van der Waals surface area contributed by atoms with Gasteiger partial charge in [-0.3, -0.25) is 9.78 Å². The molecule has 1 atom stereocenters. The number of fused-ring (bicyclic) bond motifs is 1. The van der Waals surface area contributed by atoms with Gasteiger partial charge in [0.05, 0.1) is 22.2 Å². The van der Waals surface area contributed by atoms with Gasteiger partial charge in [-0.15, -0.1) is 0 Å². The Kier molecular flexibility index (Phi) is 3.19. The number of carbonyl (C=O) groups is 1. The Morgan fingerprint density at radius 1 is 1.65 bits per heavy atom. The third kappa shape index (κ3) is 2.52. The van der Waals surface area contributed by atoms with Gasteiger partial charge in [0.2, 0.25) is 0 Å². The Bertz CT molecular complexity index is 639. The Hall–Kier alpha value is -1.92. The highest BCUT2D eigenvalue weighted by atomic mass is 16.3. The van der Waals surface area contributed by atoms with Crippen molar-refractivity contribution in [1.29, 1.82) is 0 Å². The van der Waals surface area contributed by atoms with E-state index in [1.165, 1.54) is 0 Å². The molecule has 3 rings (SSSR count). The molecule has 20 heavy (non-hydrogen) atoms. The molecule has 0 saturated carbocycles. The van der Waals surface area contributed by atoms with E-state index in [2.05, 4.69) is 20.2 Å². The minimum absolute atomic E-state index is 0.211. The van der Waals surface area contributed by atoms with Gasteiger partial charge in [-0.2, -0.15) is 0 Å². The zero-order valence-corrected chi connectivity index (χ0v) is 11.4. The van der Waals surface area contributed by atoms with E-state index < -0.39 is 5.60 Å². The van der Waals surface area contributed by atoms with Gasteiger partial charge in [0.15, 0.2) is 0 Å². The molecule has 106 valence electrons. The number of nitrogens with zero attached hydrogens (tertiary/aromatic N) is 2. The summed E-state index contributed by atoms with van der Waals surface area (Å²) in [5, 5.41) is 13.1. The molecule has 2 aromatic rings. The van der Waals surface area contributed by atoms with Gasteiger partial charge in [-0.25, -0.2) is 0 Å². The van der Waals surface area contributed by atoms with E-state index in [-0.39, 0.29) is 12.5 Å². The van der Waals surface area contributed by atoms with Crippen molar-refractivity contribution < 1.29 is 9.90 Å². The molecule has 3 heterocycles. The predicted octanol–water partition coefficient (Wildman–Crippen LogP) is 0.359. The highest BCUT2D eigenvalue weighted by Gasteiger charge is 2.34. The van der Waals surface area contributed by atoms with Crippen LogP contribution < -0.4 is 5.32 Å². The number of amides is 1. The Balaban J connectivity index is 1.67. The summed E-state index contributed by atoms with van der Waals surface area (Å²) >= 11 is 0. The van der Waals surface area contributed by atoms with Gasteiger partial charge in [-0.1, -0.05) is 0 Å². The number of carbonyl (C=O) groups excluding carboxylic acids is 1. The number of aliphatic hydroxyl groups is 1. The second-order valence-electron chi connectivity index (χ2n) is 5.53. The minimum Gasteiger partial charge on any atom is -0.387 e.